The van der Waals surface area contributed by atoms with Crippen molar-refractivity contribution < 1.29 is 9.18 Å². The Morgan fingerprint density at radius 3 is 2.83 bits per heavy atom. The van der Waals surface area contributed by atoms with Crippen LogP contribution in [0.1, 0.15) is 43.0 Å². The molecule has 1 aromatic carbocycles. The number of halogens is 1. The van der Waals surface area contributed by atoms with E-state index >= 15 is 0 Å². The maximum atomic E-state index is 13.1. The highest BCUT2D eigenvalue weighted by Gasteiger charge is 2.23. The molecule has 1 fully saturated rings. The third kappa shape index (κ3) is 2.81. The number of carbonyl (C=O) groups is 1. The number of hydrogen-bond donors (Lipinski definition) is 2. The highest BCUT2D eigenvalue weighted by atomic mass is 19.1. The lowest BCUT2D eigenvalue weighted by atomic mass is 9.86. The van der Waals surface area contributed by atoms with Crippen molar-refractivity contribution in [1.29, 1.82) is 0 Å². The van der Waals surface area contributed by atoms with E-state index in [0.717, 1.165) is 19.3 Å². The summed E-state index contributed by atoms with van der Waals surface area (Å²) >= 11 is 0. The van der Waals surface area contributed by atoms with Crippen LogP contribution in [0.15, 0.2) is 18.2 Å². The van der Waals surface area contributed by atoms with Gasteiger partial charge in [0.05, 0.1) is 5.56 Å². The maximum absolute atomic E-state index is 13.1. The summed E-state index contributed by atoms with van der Waals surface area (Å²) in [6.07, 6.45) is 4.47. The molecule has 3 N–H and O–H groups in total. The van der Waals surface area contributed by atoms with E-state index in [1.807, 2.05) is 0 Å². The molecule has 0 heterocycles. The number of anilines is 1. The van der Waals surface area contributed by atoms with Crippen LogP contribution in [0.25, 0.3) is 0 Å². The van der Waals surface area contributed by atoms with Crippen LogP contribution in [-0.4, -0.2) is 11.9 Å². The Labute approximate surface area is 107 Å². The zero-order chi connectivity index (χ0) is 13.1. The normalized spacial score (nSPS) is 23.7. The fourth-order valence-corrected chi connectivity index (χ4v) is 2.50. The monoisotopic (exact) mass is 250 g/mol. The van der Waals surface area contributed by atoms with Crippen LogP contribution in [0.4, 0.5) is 10.1 Å². The summed E-state index contributed by atoms with van der Waals surface area (Å²) in [5.41, 5.74) is 6.25. The van der Waals surface area contributed by atoms with Gasteiger partial charge >= 0.3 is 0 Å². The highest BCUT2D eigenvalue weighted by molar-refractivity contribution is 5.99. The molecule has 2 atom stereocenters. The average molecular weight is 250 g/mol. The standard InChI is InChI=1S/C14H19FN2O/c1-9-4-2-3-5-13(9)17-14(18)11-8-10(15)6-7-12(11)16/h6-9,13H,2-5,16H2,1H3,(H,17,18). The van der Waals surface area contributed by atoms with Gasteiger partial charge in [-0.2, -0.15) is 0 Å². The first kappa shape index (κ1) is 12.9. The summed E-state index contributed by atoms with van der Waals surface area (Å²) in [5.74, 6) is -0.241. The number of benzene rings is 1. The van der Waals surface area contributed by atoms with Gasteiger partial charge in [-0.05, 0) is 37.0 Å². The zero-order valence-corrected chi connectivity index (χ0v) is 10.6. The Morgan fingerprint density at radius 2 is 2.11 bits per heavy atom. The summed E-state index contributed by atoms with van der Waals surface area (Å²) in [6.45, 7) is 2.14. The first-order valence-electron chi connectivity index (χ1n) is 6.44. The van der Waals surface area contributed by atoms with E-state index < -0.39 is 5.82 Å². The van der Waals surface area contributed by atoms with E-state index in [-0.39, 0.29) is 17.5 Å². The van der Waals surface area contributed by atoms with Gasteiger partial charge in [0.1, 0.15) is 5.82 Å². The average Bonchev–Trinajstić information content (AvgIpc) is 2.35. The second-order valence-corrected chi connectivity index (χ2v) is 5.07. The van der Waals surface area contributed by atoms with Crippen LogP contribution in [0, 0.1) is 11.7 Å². The van der Waals surface area contributed by atoms with Crippen molar-refractivity contribution in [1.82, 2.24) is 5.32 Å². The zero-order valence-electron chi connectivity index (χ0n) is 10.6. The Kier molecular flexibility index (Phi) is 3.84. The van der Waals surface area contributed by atoms with Gasteiger partial charge in [-0.3, -0.25) is 4.79 Å². The van der Waals surface area contributed by atoms with E-state index in [4.69, 9.17) is 5.73 Å². The minimum Gasteiger partial charge on any atom is -0.398 e. The fraction of sp³-hybridized carbons (Fsp3) is 0.500. The molecule has 2 unspecified atom stereocenters. The molecule has 18 heavy (non-hydrogen) atoms. The Hall–Kier alpha value is -1.58. The van der Waals surface area contributed by atoms with Crippen LogP contribution < -0.4 is 11.1 Å². The van der Waals surface area contributed by atoms with Gasteiger partial charge in [-0.25, -0.2) is 4.39 Å². The molecule has 1 aliphatic rings. The van der Waals surface area contributed by atoms with Crippen LogP contribution in [0.2, 0.25) is 0 Å². The lowest BCUT2D eigenvalue weighted by Crippen LogP contribution is -2.41. The molecule has 4 heteroatoms. The van der Waals surface area contributed by atoms with Gasteiger partial charge < -0.3 is 11.1 Å². The van der Waals surface area contributed by atoms with Gasteiger partial charge in [-0.15, -0.1) is 0 Å². The number of hydrogen-bond acceptors (Lipinski definition) is 2. The molecule has 2 rings (SSSR count). The molecule has 0 bridgehead atoms. The van der Waals surface area contributed by atoms with E-state index in [1.54, 1.807) is 0 Å². The molecule has 98 valence electrons. The molecular formula is C14H19FN2O. The van der Waals surface area contributed by atoms with Crippen molar-refractivity contribution in [2.24, 2.45) is 5.92 Å². The third-order valence-electron chi connectivity index (χ3n) is 3.69. The van der Waals surface area contributed by atoms with Gasteiger partial charge in [-0.1, -0.05) is 19.8 Å². The van der Waals surface area contributed by atoms with E-state index in [0.29, 0.717) is 11.6 Å². The van der Waals surface area contributed by atoms with Crippen LogP contribution >= 0.6 is 0 Å². The van der Waals surface area contributed by atoms with Crippen molar-refractivity contribution in [3.05, 3.63) is 29.6 Å². The van der Waals surface area contributed by atoms with Crippen molar-refractivity contribution >= 4 is 11.6 Å². The Bertz CT molecular complexity index is 447. The lowest BCUT2D eigenvalue weighted by molar-refractivity contribution is 0.0911. The summed E-state index contributed by atoms with van der Waals surface area (Å²) in [5, 5.41) is 2.97. The second-order valence-electron chi connectivity index (χ2n) is 5.07. The predicted octanol–water partition coefficient (Wildman–Crippen LogP) is 2.72. The van der Waals surface area contributed by atoms with E-state index in [9.17, 15) is 9.18 Å². The quantitative estimate of drug-likeness (QED) is 0.793. The topological polar surface area (TPSA) is 55.1 Å². The van der Waals surface area contributed by atoms with Crippen molar-refractivity contribution in [3.63, 3.8) is 0 Å². The molecule has 1 saturated carbocycles. The molecule has 3 nitrogen and oxygen atoms in total. The molecular weight excluding hydrogens is 231 g/mol. The molecule has 1 aliphatic carbocycles. The predicted molar refractivity (Wildman–Crippen MR) is 69.7 cm³/mol. The van der Waals surface area contributed by atoms with E-state index in [1.165, 1.54) is 24.6 Å². The minimum absolute atomic E-state index is 0.175. The molecule has 0 aliphatic heterocycles. The van der Waals surface area contributed by atoms with Crippen LogP contribution in [0.3, 0.4) is 0 Å². The first-order chi connectivity index (χ1) is 8.58. The molecule has 1 aromatic rings. The lowest BCUT2D eigenvalue weighted by Gasteiger charge is -2.29. The number of nitrogens with two attached hydrogens (primary N) is 1. The second kappa shape index (κ2) is 5.38. The van der Waals surface area contributed by atoms with Crippen LogP contribution in [0.5, 0.6) is 0 Å². The molecule has 0 aromatic heterocycles. The molecule has 0 spiro atoms. The number of carbonyl (C=O) groups excluding carboxylic acids is 1. The minimum atomic E-state index is -0.439. The van der Waals surface area contributed by atoms with Gasteiger partial charge in [0.2, 0.25) is 0 Å². The number of nitrogen functional groups attached to an aromatic ring is 1. The first-order valence-corrected chi connectivity index (χ1v) is 6.44. The number of rotatable bonds is 2. The summed E-state index contributed by atoms with van der Waals surface area (Å²) in [6, 6.07) is 4.05. The van der Waals surface area contributed by atoms with Gasteiger partial charge in [0.15, 0.2) is 0 Å². The fourth-order valence-electron chi connectivity index (χ4n) is 2.50. The summed E-state index contributed by atoms with van der Waals surface area (Å²) in [7, 11) is 0. The molecule has 0 saturated heterocycles. The Morgan fingerprint density at radius 1 is 1.39 bits per heavy atom. The van der Waals surface area contributed by atoms with Gasteiger partial charge in [0.25, 0.3) is 5.91 Å². The maximum Gasteiger partial charge on any atom is 0.253 e. The third-order valence-corrected chi connectivity index (χ3v) is 3.69. The SMILES string of the molecule is CC1CCCCC1NC(=O)c1cc(F)ccc1N. The van der Waals surface area contributed by atoms with Crippen molar-refractivity contribution in [3.8, 4) is 0 Å². The molecule has 0 radical (unpaired) electrons. The van der Waals surface area contributed by atoms with Crippen molar-refractivity contribution in [2.75, 3.05) is 5.73 Å². The summed E-state index contributed by atoms with van der Waals surface area (Å²) in [4.78, 5) is 12.1. The number of amides is 1. The largest absolute Gasteiger partial charge is 0.398 e. The molecule has 1 amide bonds. The van der Waals surface area contributed by atoms with Crippen LogP contribution in [-0.2, 0) is 0 Å². The number of nitrogens with one attached hydrogen (secondary N) is 1. The van der Waals surface area contributed by atoms with Gasteiger partial charge in [0, 0.05) is 11.7 Å². The Balaban J connectivity index is 2.09. The highest BCUT2D eigenvalue weighted by Crippen LogP contribution is 2.24. The summed E-state index contributed by atoms with van der Waals surface area (Å²) < 4.78 is 13.1. The smallest absolute Gasteiger partial charge is 0.253 e. The van der Waals surface area contributed by atoms with E-state index in [2.05, 4.69) is 12.2 Å². The van der Waals surface area contributed by atoms with Crippen molar-refractivity contribution in [2.45, 2.75) is 38.6 Å².